The molecule has 0 bridgehead atoms. The molecule has 1 rings (SSSR count). The van der Waals surface area contributed by atoms with Gasteiger partial charge < -0.3 is 0 Å². The van der Waals surface area contributed by atoms with Crippen molar-refractivity contribution in [3.63, 3.8) is 0 Å². The first kappa shape index (κ1) is 12.3. The highest BCUT2D eigenvalue weighted by Gasteiger charge is 2.00. The van der Waals surface area contributed by atoms with Crippen LogP contribution < -0.4 is 5.32 Å². The van der Waals surface area contributed by atoms with Gasteiger partial charge in [0.1, 0.15) is 6.73 Å². The number of hydrogen-bond donors (Lipinski definition) is 2. The maximum absolute atomic E-state index is 8.11. The van der Waals surface area contributed by atoms with Crippen molar-refractivity contribution in [1.82, 2.24) is 5.32 Å². The molecule has 82 valence electrons. The van der Waals surface area contributed by atoms with E-state index in [1.807, 2.05) is 12.1 Å². The molecule has 15 heavy (non-hydrogen) atoms. The molecule has 0 fully saturated rings. The molecule has 0 radical (unpaired) electrons. The van der Waals surface area contributed by atoms with E-state index in [-0.39, 0.29) is 6.73 Å². The van der Waals surface area contributed by atoms with Crippen molar-refractivity contribution < 1.29 is 10.1 Å². The second-order valence-corrected chi connectivity index (χ2v) is 4.33. The van der Waals surface area contributed by atoms with Crippen LogP contribution in [0.25, 0.3) is 0 Å². The monoisotopic (exact) mass is 225 g/mol. The fourth-order valence-corrected chi connectivity index (χ4v) is 1.96. The van der Waals surface area contributed by atoms with Crippen LogP contribution in [0.1, 0.15) is 5.56 Å². The lowest BCUT2D eigenvalue weighted by Gasteiger charge is -2.08. The van der Waals surface area contributed by atoms with Crippen LogP contribution in [-0.4, -0.2) is 18.5 Å². The van der Waals surface area contributed by atoms with Crippen LogP contribution >= 0.6 is 11.8 Å². The average Bonchev–Trinajstić information content (AvgIpc) is 2.22. The molecule has 0 amide bonds. The summed E-state index contributed by atoms with van der Waals surface area (Å²) in [5.41, 5.74) is 1.24. The molecular formula is C11H15NO2S. The Morgan fingerprint density at radius 2 is 2.27 bits per heavy atom. The fourth-order valence-electron chi connectivity index (χ4n) is 1.10. The Morgan fingerprint density at radius 3 is 2.93 bits per heavy atom. The number of hydrogen-bond acceptors (Lipinski definition) is 4. The van der Waals surface area contributed by atoms with Crippen molar-refractivity contribution in [2.24, 2.45) is 0 Å². The smallest absolute Gasteiger partial charge is 0.133 e. The minimum absolute atomic E-state index is 0.118. The van der Waals surface area contributed by atoms with Gasteiger partial charge in [-0.05, 0) is 23.5 Å². The van der Waals surface area contributed by atoms with E-state index < -0.39 is 0 Å². The molecule has 1 aromatic carbocycles. The Morgan fingerprint density at radius 1 is 1.53 bits per heavy atom. The zero-order valence-corrected chi connectivity index (χ0v) is 9.51. The highest BCUT2D eigenvalue weighted by atomic mass is 32.2. The maximum atomic E-state index is 8.11. The Labute approximate surface area is 94.1 Å². The van der Waals surface area contributed by atoms with Gasteiger partial charge >= 0.3 is 0 Å². The number of rotatable bonds is 6. The van der Waals surface area contributed by atoms with Crippen molar-refractivity contribution in [3.8, 4) is 0 Å². The van der Waals surface area contributed by atoms with Gasteiger partial charge in [-0.25, -0.2) is 4.89 Å². The second-order valence-electron chi connectivity index (χ2n) is 3.11. The molecule has 2 N–H and O–H groups in total. The molecule has 0 saturated carbocycles. The molecule has 0 atom stereocenters. The SMILES string of the molecule is C=C(CNCOO)Sc1ccccc1C. The van der Waals surface area contributed by atoms with E-state index in [1.54, 1.807) is 11.8 Å². The van der Waals surface area contributed by atoms with Gasteiger partial charge in [0, 0.05) is 11.4 Å². The molecule has 0 aliphatic carbocycles. The van der Waals surface area contributed by atoms with E-state index in [4.69, 9.17) is 5.26 Å². The Bertz CT molecular complexity index is 328. The molecule has 0 aliphatic heterocycles. The zero-order valence-electron chi connectivity index (χ0n) is 8.69. The molecule has 3 nitrogen and oxygen atoms in total. The van der Waals surface area contributed by atoms with Gasteiger partial charge in [0.15, 0.2) is 0 Å². The third-order valence-corrected chi connectivity index (χ3v) is 2.95. The Hall–Kier alpha value is -0.810. The highest BCUT2D eigenvalue weighted by Crippen LogP contribution is 2.27. The third kappa shape index (κ3) is 4.48. The summed E-state index contributed by atoms with van der Waals surface area (Å²) in [6.45, 7) is 6.72. The molecule has 1 aromatic rings. The first-order chi connectivity index (χ1) is 7.24. The molecule has 4 heteroatoms. The molecule has 0 unspecified atom stereocenters. The lowest BCUT2D eigenvalue weighted by atomic mass is 10.2. The van der Waals surface area contributed by atoms with Gasteiger partial charge in [-0.2, -0.15) is 0 Å². The van der Waals surface area contributed by atoms with Crippen LogP contribution in [0.4, 0.5) is 0 Å². The van der Waals surface area contributed by atoms with Gasteiger partial charge in [-0.15, -0.1) is 0 Å². The number of nitrogens with one attached hydrogen (secondary N) is 1. The van der Waals surface area contributed by atoms with Crippen LogP contribution in [0.5, 0.6) is 0 Å². The lowest BCUT2D eigenvalue weighted by Crippen LogP contribution is -2.18. The van der Waals surface area contributed by atoms with E-state index >= 15 is 0 Å². The maximum Gasteiger partial charge on any atom is 0.133 e. The van der Waals surface area contributed by atoms with Crippen molar-refractivity contribution >= 4 is 11.8 Å². The summed E-state index contributed by atoms with van der Waals surface area (Å²) in [4.78, 5) is 6.10. The van der Waals surface area contributed by atoms with Crippen molar-refractivity contribution in [3.05, 3.63) is 41.3 Å². The summed E-state index contributed by atoms with van der Waals surface area (Å²) in [5.74, 6) is 0. The topological polar surface area (TPSA) is 41.5 Å². The standard InChI is InChI=1S/C11H15NO2S/c1-9-5-3-4-6-11(9)15-10(2)7-12-8-14-13/h3-6,12-13H,2,7-8H2,1H3. The van der Waals surface area contributed by atoms with Gasteiger partial charge in [0.2, 0.25) is 0 Å². The Balaban J connectivity index is 2.41. The summed E-state index contributed by atoms with van der Waals surface area (Å²) >= 11 is 1.63. The summed E-state index contributed by atoms with van der Waals surface area (Å²) in [6.07, 6.45) is 0. The zero-order chi connectivity index (χ0) is 11.1. The summed E-state index contributed by atoms with van der Waals surface area (Å²) < 4.78 is 0. The highest BCUT2D eigenvalue weighted by molar-refractivity contribution is 8.03. The van der Waals surface area contributed by atoms with Crippen molar-refractivity contribution in [2.75, 3.05) is 13.3 Å². The number of benzene rings is 1. The molecule has 0 aromatic heterocycles. The number of thioether (sulfide) groups is 1. The van der Waals surface area contributed by atoms with E-state index in [9.17, 15) is 0 Å². The molecule has 0 aliphatic rings. The van der Waals surface area contributed by atoms with E-state index in [0.29, 0.717) is 6.54 Å². The molecule has 0 heterocycles. The molecule has 0 spiro atoms. The fraction of sp³-hybridized carbons (Fsp3) is 0.273. The molecule has 0 saturated heterocycles. The summed E-state index contributed by atoms with van der Waals surface area (Å²) in [5, 5.41) is 11.0. The first-order valence-corrected chi connectivity index (χ1v) is 5.44. The van der Waals surface area contributed by atoms with Crippen LogP contribution in [0, 0.1) is 6.92 Å². The van der Waals surface area contributed by atoms with Crippen molar-refractivity contribution in [1.29, 1.82) is 0 Å². The Kier molecular flexibility index (Phi) is 5.42. The average molecular weight is 225 g/mol. The van der Waals surface area contributed by atoms with Crippen LogP contribution in [-0.2, 0) is 4.89 Å². The first-order valence-electron chi connectivity index (χ1n) is 4.62. The van der Waals surface area contributed by atoms with E-state index in [1.165, 1.54) is 10.5 Å². The van der Waals surface area contributed by atoms with Crippen molar-refractivity contribution in [2.45, 2.75) is 11.8 Å². The normalized spacial score (nSPS) is 10.3. The van der Waals surface area contributed by atoms with E-state index in [2.05, 4.69) is 35.8 Å². The van der Waals surface area contributed by atoms with Crippen LogP contribution in [0.3, 0.4) is 0 Å². The minimum Gasteiger partial charge on any atom is -0.287 e. The summed E-state index contributed by atoms with van der Waals surface area (Å²) in [7, 11) is 0. The van der Waals surface area contributed by atoms with Crippen LogP contribution in [0.2, 0.25) is 0 Å². The third-order valence-electron chi connectivity index (χ3n) is 1.84. The van der Waals surface area contributed by atoms with Gasteiger partial charge in [-0.3, -0.25) is 10.6 Å². The van der Waals surface area contributed by atoms with Gasteiger partial charge in [0.05, 0.1) is 0 Å². The number of aryl methyl sites for hydroxylation is 1. The van der Waals surface area contributed by atoms with Gasteiger partial charge in [-0.1, -0.05) is 36.5 Å². The predicted molar refractivity (Wildman–Crippen MR) is 62.8 cm³/mol. The lowest BCUT2D eigenvalue weighted by molar-refractivity contribution is -0.247. The van der Waals surface area contributed by atoms with Gasteiger partial charge in [0.25, 0.3) is 0 Å². The molecular weight excluding hydrogens is 210 g/mol. The largest absolute Gasteiger partial charge is 0.287 e. The predicted octanol–water partition coefficient (Wildman–Crippen LogP) is 2.64. The second kappa shape index (κ2) is 6.63. The summed E-state index contributed by atoms with van der Waals surface area (Å²) in [6, 6.07) is 8.15. The quantitative estimate of drug-likeness (QED) is 0.257. The van der Waals surface area contributed by atoms with Crippen LogP contribution in [0.15, 0.2) is 40.6 Å². The minimum atomic E-state index is 0.118. The van der Waals surface area contributed by atoms with E-state index in [0.717, 1.165) is 4.91 Å².